The molecule has 1 unspecified atom stereocenters. The standard InChI is InChI=1S/C7H10O3/c8-7(9)10-6-4-2-1-3-5-6/h1-2,6H,3-5H2,(H,8,9). The lowest BCUT2D eigenvalue weighted by molar-refractivity contribution is 0.0482. The Morgan fingerprint density at radius 1 is 1.60 bits per heavy atom. The fourth-order valence-corrected chi connectivity index (χ4v) is 1.02. The molecule has 0 bridgehead atoms. The smallest absolute Gasteiger partial charge is 0.450 e. The zero-order valence-corrected chi connectivity index (χ0v) is 5.62. The van der Waals surface area contributed by atoms with Gasteiger partial charge in [-0.25, -0.2) is 4.79 Å². The number of carboxylic acid groups (broad SMARTS) is 1. The molecule has 1 rings (SSSR count). The fraction of sp³-hybridized carbons (Fsp3) is 0.571. The molecule has 0 saturated heterocycles. The van der Waals surface area contributed by atoms with Crippen LogP contribution in [0.25, 0.3) is 0 Å². The Kier molecular flexibility index (Phi) is 2.31. The first-order chi connectivity index (χ1) is 4.79. The summed E-state index contributed by atoms with van der Waals surface area (Å²) in [7, 11) is 0. The SMILES string of the molecule is O=C(O)OC1CC=CCC1. The molecule has 0 spiro atoms. The van der Waals surface area contributed by atoms with Crippen LogP contribution in [0.4, 0.5) is 4.79 Å². The molecule has 56 valence electrons. The molecule has 1 aliphatic carbocycles. The predicted octanol–water partition coefficient (Wildman–Crippen LogP) is 1.79. The average molecular weight is 142 g/mol. The van der Waals surface area contributed by atoms with E-state index >= 15 is 0 Å². The normalized spacial score (nSPS) is 24.2. The molecule has 0 aliphatic heterocycles. The van der Waals surface area contributed by atoms with Crippen LogP contribution >= 0.6 is 0 Å². The van der Waals surface area contributed by atoms with E-state index in [1.165, 1.54) is 0 Å². The maximum atomic E-state index is 10.0. The zero-order valence-electron chi connectivity index (χ0n) is 5.62. The predicted molar refractivity (Wildman–Crippen MR) is 35.9 cm³/mol. The Bertz CT molecular complexity index is 151. The van der Waals surface area contributed by atoms with E-state index in [1.54, 1.807) is 0 Å². The number of hydrogen-bond acceptors (Lipinski definition) is 2. The molecule has 0 amide bonds. The minimum absolute atomic E-state index is 0.109. The van der Waals surface area contributed by atoms with Crippen molar-refractivity contribution in [2.24, 2.45) is 0 Å². The van der Waals surface area contributed by atoms with Gasteiger partial charge in [0.05, 0.1) is 0 Å². The molecule has 0 fully saturated rings. The number of rotatable bonds is 1. The first-order valence-electron chi connectivity index (χ1n) is 3.33. The van der Waals surface area contributed by atoms with Crippen LogP contribution < -0.4 is 0 Å². The third-order valence-electron chi connectivity index (χ3n) is 1.49. The Labute approximate surface area is 59.3 Å². The van der Waals surface area contributed by atoms with Crippen LogP contribution in [0.1, 0.15) is 19.3 Å². The molecule has 0 aromatic heterocycles. The van der Waals surface area contributed by atoms with E-state index < -0.39 is 6.16 Å². The van der Waals surface area contributed by atoms with Crippen molar-refractivity contribution < 1.29 is 14.6 Å². The molecule has 0 saturated carbocycles. The largest absolute Gasteiger partial charge is 0.506 e. The van der Waals surface area contributed by atoms with Crippen molar-refractivity contribution in [1.82, 2.24) is 0 Å². The maximum Gasteiger partial charge on any atom is 0.506 e. The van der Waals surface area contributed by atoms with Gasteiger partial charge in [0, 0.05) is 6.42 Å². The monoisotopic (exact) mass is 142 g/mol. The van der Waals surface area contributed by atoms with Crippen molar-refractivity contribution in [1.29, 1.82) is 0 Å². The summed E-state index contributed by atoms with van der Waals surface area (Å²) in [4.78, 5) is 10.0. The lowest BCUT2D eigenvalue weighted by atomic mass is 10.1. The molecule has 1 N–H and O–H groups in total. The van der Waals surface area contributed by atoms with Crippen LogP contribution in [0.5, 0.6) is 0 Å². The molecule has 1 aliphatic rings. The Balaban J connectivity index is 2.28. The number of ether oxygens (including phenoxy) is 1. The summed E-state index contributed by atoms with van der Waals surface area (Å²) in [5.41, 5.74) is 0. The van der Waals surface area contributed by atoms with E-state index in [2.05, 4.69) is 4.74 Å². The molecular weight excluding hydrogens is 132 g/mol. The van der Waals surface area contributed by atoms with E-state index in [4.69, 9.17) is 5.11 Å². The highest BCUT2D eigenvalue weighted by molar-refractivity contribution is 5.57. The maximum absolute atomic E-state index is 10.0. The molecule has 0 aromatic rings. The summed E-state index contributed by atoms with van der Waals surface area (Å²) < 4.78 is 4.56. The second-order valence-corrected chi connectivity index (χ2v) is 2.29. The lowest BCUT2D eigenvalue weighted by Gasteiger charge is -2.15. The molecule has 1 atom stereocenters. The van der Waals surface area contributed by atoms with Gasteiger partial charge in [0.15, 0.2) is 0 Å². The van der Waals surface area contributed by atoms with Crippen molar-refractivity contribution in [2.75, 3.05) is 0 Å². The highest BCUT2D eigenvalue weighted by Gasteiger charge is 2.12. The molecule has 10 heavy (non-hydrogen) atoms. The van der Waals surface area contributed by atoms with Crippen molar-refractivity contribution in [3.63, 3.8) is 0 Å². The highest BCUT2D eigenvalue weighted by Crippen LogP contribution is 2.13. The molecule has 3 heteroatoms. The van der Waals surface area contributed by atoms with Crippen LogP contribution in [-0.2, 0) is 4.74 Å². The third kappa shape index (κ3) is 2.09. The van der Waals surface area contributed by atoms with Crippen LogP contribution in [0.3, 0.4) is 0 Å². The summed E-state index contributed by atoms with van der Waals surface area (Å²) >= 11 is 0. The van der Waals surface area contributed by atoms with E-state index in [9.17, 15) is 4.79 Å². The van der Waals surface area contributed by atoms with E-state index in [0.717, 1.165) is 19.3 Å². The minimum Gasteiger partial charge on any atom is -0.450 e. The Hall–Kier alpha value is -0.990. The van der Waals surface area contributed by atoms with Crippen LogP contribution in [0, 0.1) is 0 Å². The third-order valence-corrected chi connectivity index (χ3v) is 1.49. The Morgan fingerprint density at radius 3 is 2.90 bits per heavy atom. The summed E-state index contributed by atoms with van der Waals surface area (Å²) in [6.45, 7) is 0. The van der Waals surface area contributed by atoms with Gasteiger partial charge in [0.2, 0.25) is 0 Å². The van der Waals surface area contributed by atoms with E-state index in [1.807, 2.05) is 12.2 Å². The van der Waals surface area contributed by atoms with Gasteiger partial charge in [0.1, 0.15) is 6.10 Å². The van der Waals surface area contributed by atoms with Gasteiger partial charge in [-0.3, -0.25) is 0 Å². The van der Waals surface area contributed by atoms with E-state index in [-0.39, 0.29) is 6.10 Å². The van der Waals surface area contributed by atoms with Crippen LogP contribution in [-0.4, -0.2) is 17.4 Å². The van der Waals surface area contributed by atoms with Crippen molar-refractivity contribution >= 4 is 6.16 Å². The van der Waals surface area contributed by atoms with Gasteiger partial charge >= 0.3 is 6.16 Å². The van der Waals surface area contributed by atoms with Gasteiger partial charge in [0.25, 0.3) is 0 Å². The first-order valence-corrected chi connectivity index (χ1v) is 3.33. The second-order valence-electron chi connectivity index (χ2n) is 2.29. The molecule has 0 radical (unpaired) electrons. The number of carbonyl (C=O) groups is 1. The Morgan fingerprint density at radius 2 is 2.40 bits per heavy atom. The van der Waals surface area contributed by atoms with Gasteiger partial charge in [-0.05, 0) is 12.8 Å². The molecule has 3 nitrogen and oxygen atoms in total. The van der Waals surface area contributed by atoms with Crippen molar-refractivity contribution in [2.45, 2.75) is 25.4 Å². The zero-order chi connectivity index (χ0) is 7.40. The summed E-state index contributed by atoms with van der Waals surface area (Å²) in [5, 5.41) is 8.22. The van der Waals surface area contributed by atoms with Crippen molar-refractivity contribution in [3.8, 4) is 0 Å². The first kappa shape index (κ1) is 7.12. The summed E-state index contributed by atoms with van der Waals surface area (Å²) in [6, 6.07) is 0. The summed E-state index contributed by atoms with van der Waals surface area (Å²) in [5.74, 6) is 0. The molecular formula is C7H10O3. The topological polar surface area (TPSA) is 46.5 Å². The summed E-state index contributed by atoms with van der Waals surface area (Å²) in [6.07, 6.45) is 5.20. The van der Waals surface area contributed by atoms with Gasteiger partial charge in [-0.2, -0.15) is 0 Å². The molecule has 0 heterocycles. The second kappa shape index (κ2) is 3.25. The van der Waals surface area contributed by atoms with Crippen LogP contribution in [0.15, 0.2) is 12.2 Å². The van der Waals surface area contributed by atoms with Gasteiger partial charge in [-0.15, -0.1) is 0 Å². The minimum atomic E-state index is -1.17. The quantitative estimate of drug-likeness (QED) is 0.448. The highest BCUT2D eigenvalue weighted by atomic mass is 16.7. The van der Waals surface area contributed by atoms with Gasteiger partial charge in [-0.1, -0.05) is 12.2 Å². The van der Waals surface area contributed by atoms with Gasteiger partial charge < -0.3 is 9.84 Å². The van der Waals surface area contributed by atoms with Crippen molar-refractivity contribution in [3.05, 3.63) is 12.2 Å². The lowest BCUT2D eigenvalue weighted by Crippen LogP contribution is -2.17. The fourth-order valence-electron chi connectivity index (χ4n) is 1.02. The number of hydrogen-bond donors (Lipinski definition) is 1. The molecule has 0 aromatic carbocycles. The number of allylic oxidation sites excluding steroid dienone is 1. The van der Waals surface area contributed by atoms with E-state index in [0.29, 0.717) is 0 Å². The van der Waals surface area contributed by atoms with Crippen LogP contribution in [0.2, 0.25) is 0 Å². The average Bonchev–Trinajstić information content (AvgIpc) is 1.88.